The van der Waals surface area contributed by atoms with Crippen LogP contribution < -0.4 is 0 Å². The average molecular weight is 418 g/mol. The number of benzene rings is 1. The molecule has 13 heavy (non-hydrogen) atoms. The van der Waals surface area contributed by atoms with Crippen molar-refractivity contribution < 1.29 is 4.79 Å². The van der Waals surface area contributed by atoms with Gasteiger partial charge in [0.15, 0.2) is 5.78 Å². The van der Waals surface area contributed by atoms with E-state index >= 15 is 0 Å². The number of halogens is 3. The Morgan fingerprint density at radius 3 is 2.77 bits per heavy atom. The maximum atomic E-state index is 11.6. The van der Waals surface area contributed by atoms with Crippen LogP contribution in [-0.2, 0) is 0 Å². The van der Waals surface area contributed by atoms with Gasteiger partial charge in [-0.1, -0.05) is 31.9 Å². The summed E-state index contributed by atoms with van der Waals surface area (Å²) < 4.78 is 1.96. The molecule has 0 unspecified atom stereocenters. The lowest BCUT2D eigenvalue weighted by molar-refractivity contribution is 0.0989. The third-order valence-corrected chi connectivity index (χ3v) is 3.38. The molecular formula is C9H7Br2IO. The Bertz CT molecular complexity index is 325. The van der Waals surface area contributed by atoms with Gasteiger partial charge in [-0.05, 0) is 40.8 Å². The van der Waals surface area contributed by atoms with Gasteiger partial charge in [-0.15, -0.1) is 0 Å². The van der Waals surface area contributed by atoms with Crippen LogP contribution in [0.1, 0.15) is 16.8 Å². The standard InChI is InChI=1S/C9H7Br2IO/c10-4-3-9(13)7-5-6(11)1-2-8(7)12/h1-2,5H,3-4H2. The minimum atomic E-state index is 0.183. The van der Waals surface area contributed by atoms with E-state index in [1.54, 1.807) is 0 Å². The third kappa shape index (κ3) is 3.32. The predicted octanol–water partition coefficient (Wildman–Crippen LogP) is 4.02. The Morgan fingerprint density at radius 2 is 2.15 bits per heavy atom. The second-order valence-corrected chi connectivity index (χ2v) is 5.36. The van der Waals surface area contributed by atoms with Crippen molar-refractivity contribution in [3.05, 3.63) is 31.8 Å². The summed E-state index contributed by atoms with van der Waals surface area (Å²) in [4.78, 5) is 11.6. The fourth-order valence-corrected chi connectivity index (χ4v) is 2.29. The summed E-state index contributed by atoms with van der Waals surface area (Å²) in [5.74, 6) is 0.183. The van der Waals surface area contributed by atoms with E-state index < -0.39 is 0 Å². The molecule has 0 heterocycles. The first-order valence-corrected chi connectivity index (χ1v) is 6.68. The van der Waals surface area contributed by atoms with Crippen LogP contribution in [0.2, 0.25) is 0 Å². The number of hydrogen-bond acceptors (Lipinski definition) is 1. The molecule has 0 aliphatic rings. The number of hydrogen-bond donors (Lipinski definition) is 0. The molecule has 4 heteroatoms. The molecule has 0 saturated carbocycles. The molecular weight excluding hydrogens is 411 g/mol. The van der Waals surface area contributed by atoms with Gasteiger partial charge in [-0.3, -0.25) is 4.79 Å². The molecule has 0 fully saturated rings. The van der Waals surface area contributed by atoms with Gasteiger partial charge in [0.05, 0.1) is 0 Å². The van der Waals surface area contributed by atoms with Crippen LogP contribution in [0.15, 0.2) is 22.7 Å². The Balaban J connectivity index is 2.99. The van der Waals surface area contributed by atoms with E-state index in [-0.39, 0.29) is 5.78 Å². The van der Waals surface area contributed by atoms with Gasteiger partial charge in [-0.2, -0.15) is 0 Å². The van der Waals surface area contributed by atoms with Gasteiger partial charge < -0.3 is 0 Å². The lowest BCUT2D eigenvalue weighted by Crippen LogP contribution is -2.02. The zero-order valence-electron chi connectivity index (χ0n) is 6.69. The lowest BCUT2D eigenvalue weighted by Gasteiger charge is -2.02. The Hall–Kier alpha value is 0.580. The number of carbonyl (C=O) groups is 1. The highest BCUT2D eigenvalue weighted by Gasteiger charge is 2.09. The first-order chi connectivity index (χ1) is 6.15. The summed E-state index contributed by atoms with van der Waals surface area (Å²) in [7, 11) is 0. The molecule has 1 rings (SSSR count). The summed E-state index contributed by atoms with van der Waals surface area (Å²) in [6, 6.07) is 5.74. The fraction of sp³-hybridized carbons (Fsp3) is 0.222. The molecule has 0 radical (unpaired) electrons. The highest BCUT2D eigenvalue weighted by molar-refractivity contribution is 14.1. The van der Waals surface area contributed by atoms with Crippen LogP contribution in [0.25, 0.3) is 0 Å². The molecule has 0 aliphatic heterocycles. The van der Waals surface area contributed by atoms with Crippen LogP contribution in [0.3, 0.4) is 0 Å². The maximum Gasteiger partial charge on any atom is 0.164 e. The minimum absolute atomic E-state index is 0.183. The smallest absolute Gasteiger partial charge is 0.164 e. The van der Waals surface area contributed by atoms with Crippen LogP contribution in [0, 0.1) is 3.57 Å². The van der Waals surface area contributed by atoms with Crippen LogP contribution >= 0.6 is 54.5 Å². The van der Waals surface area contributed by atoms with Crippen molar-refractivity contribution in [2.24, 2.45) is 0 Å². The zero-order chi connectivity index (χ0) is 9.84. The van der Waals surface area contributed by atoms with E-state index in [9.17, 15) is 4.79 Å². The van der Waals surface area contributed by atoms with Crippen molar-refractivity contribution >= 4 is 60.2 Å². The quantitative estimate of drug-likeness (QED) is 0.412. The topological polar surface area (TPSA) is 17.1 Å². The van der Waals surface area contributed by atoms with Gasteiger partial charge in [-0.25, -0.2) is 0 Å². The van der Waals surface area contributed by atoms with Crippen LogP contribution in [0.4, 0.5) is 0 Å². The molecule has 0 aromatic heterocycles. The summed E-state index contributed by atoms with van der Waals surface area (Å²) in [5, 5.41) is 0.717. The molecule has 1 aromatic rings. The third-order valence-electron chi connectivity index (χ3n) is 1.55. The van der Waals surface area contributed by atoms with Gasteiger partial charge in [0.2, 0.25) is 0 Å². The van der Waals surface area contributed by atoms with Crippen molar-refractivity contribution in [2.75, 3.05) is 5.33 Å². The first-order valence-electron chi connectivity index (χ1n) is 3.69. The van der Waals surface area contributed by atoms with Crippen molar-refractivity contribution in [3.8, 4) is 0 Å². The average Bonchev–Trinajstić information content (AvgIpc) is 2.09. The second-order valence-electron chi connectivity index (χ2n) is 2.49. The van der Waals surface area contributed by atoms with Crippen LogP contribution in [-0.4, -0.2) is 11.1 Å². The van der Waals surface area contributed by atoms with Gasteiger partial charge in [0.25, 0.3) is 0 Å². The van der Waals surface area contributed by atoms with E-state index in [1.807, 2.05) is 18.2 Å². The molecule has 0 amide bonds. The normalized spacial score (nSPS) is 10.1. The van der Waals surface area contributed by atoms with E-state index in [0.717, 1.165) is 13.6 Å². The number of ketones is 1. The minimum Gasteiger partial charge on any atom is -0.294 e. The van der Waals surface area contributed by atoms with Gasteiger partial charge in [0.1, 0.15) is 0 Å². The Kier molecular flexibility index (Phi) is 4.89. The molecule has 0 spiro atoms. The highest BCUT2D eigenvalue weighted by Crippen LogP contribution is 2.19. The Labute approximate surface area is 108 Å². The molecule has 0 atom stereocenters. The van der Waals surface area contributed by atoms with Gasteiger partial charge in [0, 0.05) is 25.4 Å². The largest absolute Gasteiger partial charge is 0.294 e. The van der Waals surface area contributed by atoms with Crippen LogP contribution in [0.5, 0.6) is 0 Å². The molecule has 0 aliphatic carbocycles. The maximum absolute atomic E-state index is 11.6. The monoisotopic (exact) mass is 416 g/mol. The highest BCUT2D eigenvalue weighted by atomic mass is 127. The van der Waals surface area contributed by atoms with Crippen molar-refractivity contribution in [2.45, 2.75) is 6.42 Å². The first kappa shape index (κ1) is 11.7. The van der Waals surface area contributed by atoms with E-state index in [0.29, 0.717) is 11.8 Å². The molecule has 0 saturated heterocycles. The van der Waals surface area contributed by atoms with Crippen molar-refractivity contribution in [1.29, 1.82) is 0 Å². The molecule has 0 N–H and O–H groups in total. The number of rotatable bonds is 3. The molecule has 70 valence electrons. The second kappa shape index (κ2) is 5.46. The fourth-order valence-electron chi connectivity index (χ4n) is 0.932. The number of Topliss-reactive ketones (excluding diaryl/α,β-unsaturated/α-hetero) is 1. The zero-order valence-corrected chi connectivity index (χ0v) is 12.0. The SMILES string of the molecule is O=C(CCBr)c1cc(Br)ccc1I. The van der Waals surface area contributed by atoms with Crippen molar-refractivity contribution in [1.82, 2.24) is 0 Å². The van der Waals surface area contributed by atoms with E-state index in [1.165, 1.54) is 0 Å². The summed E-state index contributed by atoms with van der Waals surface area (Å²) in [6.45, 7) is 0. The summed E-state index contributed by atoms with van der Waals surface area (Å²) in [6.07, 6.45) is 0.548. The molecule has 1 nitrogen and oxygen atoms in total. The van der Waals surface area contributed by atoms with E-state index in [2.05, 4.69) is 54.5 Å². The number of alkyl halides is 1. The lowest BCUT2D eigenvalue weighted by atomic mass is 10.1. The predicted molar refractivity (Wildman–Crippen MR) is 69.6 cm³/mol. The number of carbonyl (C=O) groups excluding carboxylic acids is 1. The van der Waals surface area contributed by atoms with E-state index in [4.69, 9.17) is 0 Å². The summed E-state index contributed by atoms with van der Waals surface area (Å²) >= 11 is 8.78. The molecule has 1 aromatic carbocycles. The summed E-state index contributed by atoms with van der Waals surface area (Å²) in [5.41, 5.74) is 0.800. The van der Waals surface area contributed by atoms with Gasteiger partial charge >= 0.3 is 0 Å². The molecule has 0 bridgehead atoms. The van der Waals surface area contributed by atoms with Crippen molar-refractivity contribution in [3.63, 3.8) is 0 Å². The Morgan fingerprint density at radius 1 is 1.46 bits per heavy atom.